The summed E-state index contributed by atoms with van der Waals surface area (Å²) in [4.78, 5) is 19.1. The molecule has 3 rings (SSSR count). The fourth-order valence-electron chi connectivity index (χ4n) is 3.43. The molecule has 0 N–H and O–H groups in total. The van der Waals surface area contributed by atoms with Crippen molar-refractivity contribution in [3.8, 4) is 0 Å². The number of carbonyl (C=O) groups excluding carboxylic acids is 1. The molecule has 2 aromatic rings. The number of piperazine rings is 1. The van der Waals surface area contributed by atoms with Crippen molar-refractivity contribution in [3.63, 3.8) is 0 Å². The molecule has 1 unspecified atom stereocenters. The van der Waals surface area contributed by atoms with Crippen LogP contribution in [0.1, 0.15) is 24.1 Å². The first-order chi connectivity index (χ1) is 13.0. The molecule has 27 heavy (non-hydrogen) atoms. The predicted octanol–water partition coefficient (Wildman–Crippen LogP) is 3.16. The first kappa shape index (κ1) is 19.5. The average Bonchev–Trinajstić information content (AvgIpc) is 2.69. The van der Waals surface area contributed by atoms with E-state index in [0.29, 0.717) is 6.54 Å². The lowest BCUT2D eigenvalue weighted by atomic mass is 10.1. The molecule has 2 aromatic carbocycles. The first-order valence-corrected chi connectivity index (χ1v) is 9.52. The Balaban J connectivity index is 1.46. The third-order valence-corrected chi connectivity index (χ3v) is 5.40. The Morgan fingerprint density at radius 2 is 1.59 bits per heavy atom. The molecule has 1 aliphatic heterocycles. The van der Waals surface area contributed by atoms with Gasteiger partial charge in [-0.3, -0.25) is 14.6 Å². The molecule has 4 nitrogen and oxygen atoms in total. The van der Waals surface area contributed by atoms with E-state index in [0.717, 1.165) is 38.3 Å². The Morgan fingerprint density at radius 1 is 1.00 bits per heavy atom. The number of halogens is 1. The summed E-state index contributed by atoms with van der Waals surface area (Å²) < 4.78 is 13.1. The molecule has 0 bridgehead atoms. The predicted molar refractivity (Wildman–Crippen MR) is 106 cm³/mol. The molecule has 5 heteroatoms. The van der Waals surface area contributed by atoms with E-state index in [1.54, 1.807) is 17.0 Å². The van der Waals surface area contributed by atoms with Crippen molar-refractivity contribution in [3.05, 3.63) is 71.5 Å². The lowest BCUT2D eigenvalue weighted by Crippen LogP contribution is -2.49. The van der Waals surface area contributed by atoms with Crippen LogP contribution in [0.15, 0.2) is 54.6 Å². The molecular weight excluding hydrogens is 341 g/mol. The van der Waals surface area contributed by atoms with Crippen LogP contribution in [0, 0.1) is 5.82 Å². The number of amides is 1. The second kappa shape index (κ2) is 9.11. The molecule has 0 spiro atoms. The van der Waals surface area contributed by atoms with Gasteiger partial charge in [-0.1, -0.05) is 42.5 Å². The number of carbonyl (C=O) groups is 1. The second-order valence-corrected chi connectivity index (χ2v) is 7.27. The Hall–Kier alpha value is -2.24. The molecule has 0 aliphatic carbocycles. The topological polar surface area (TPSA) is 26.8 Å². The first-order valence-electron chi connectivity index (χ1n) is 9.52. The summed E-state index contributed by atoms with van der Waals surface area (Å²) in [6, 6.07) is 16.8. The number of rotatable bonds is 6. The van der Waals surface area contributed by atoms with Crippen LogP contribution in [-0.2, 0) is 11.3 Å². The largest absolute Gasteiger partial charge is 0.338 e. The van der Waals surface area contributed by atoms with Crippen LogP contribution in [0.5, 0.6) is 0 Å². The normalized spacial score (nSPS) is 16.9. The Kier molecular flexibility index (Phi) is 6.58. The van der Waals surface area contributed by atoms with Crippen molar-refractivity contribution in [2.75, 3.05) is 39.8 Å². The third-order valence-electron chi connectivity index (χ3n) is 5.40. The number of benzene rings is 2. The summed E-state index contributed by atoms with van der Waals surface area (Å²) in [5.41, 5.74) is 2.27. The van der Waals surface area contributed by atoms with E-state index in [1.807, 2.05) is 20.0 Å². The van der Waals surface area contributed by atoms with E-state index in [4.69, 9.17) is 0 Å². The van der Waals surface area contributed by atoms with Gasteiger partial charge < -0.3 is 4.90 Å². The van der Waals surface area contributed by atoms with Gasteiger partial charge in [-0.05, 0) is 30.2 Å². The lowest BCUT2D eigenvalue weighted by molar-refractivity contribution is -0.133. The SMILES string of the molecule is CC(c1ccc(F)cc1)N(C)C(=O)CN1CCN(Cc2ccccc2)CC1. The molecule has 1 saturated heterocycles. The Morgan fingerprint density at radius 3 is 2.22 bits per heavy atom. The summed E-state index contributed by atoms with van der Waals surface area (Å²) in [5.74, 6) is -0.156. The maximum atomic E-state index is 13.1. The van der Waals surface area contributed by atoms with Crippen molar-refractivity contribution in [1.82, 2.24) is 14.7 Å². The zero-order valence-electron chi connectivity index (χ0n) is 16.1. The third kappa shape index (κ3) is 5.37. The van der Waals surface area contributed by atoms with Gasteiger partial charge in [0.25, 0.3) is 0 Å². The number of hydrogen-bond acceptors (Lipinski definition) is 3. The fraction of sp³-hybridized carbons (Fsp3) is 0.409. The zero-order valence-corrected chi connectivity index (χ0v) is 16.1. The van der Waals surface area contributed by atoms with Gasteiger partial charge in [-0.2, -0.15) is 0 Å². The van der Waals surface area contributed by atoms with Crippen LogP contribution in [0.25, 0.3) is 0 Å². The van der Waals surface area contributed by atoms with Crippen LogP contribution < -0.4 is 0 Å². The van der Waals surface area contributed by atoms with Crippen LogP contribution >= 0.6 is 0 Å². The summed E-state index contributed by atoms with van der Waals surface area (Å²) in [6.07, 6.45) is 0. The summed E-state index contributed by atoms with van der Waals surface area (Å²) in [7, 11) is 1.82. The van der Waals surface area contributed by atoms with Crippen LogP contribution in [0.4, 0.5) is 4.39 Å². The van der Waals surface area contributed by atoms with Crippen LogP contribution in [-0.4, -0.2) is 60.4 Å². The van der Waals surface area contributed by atoms with Gasteiger partial charge in [0.15, 0.2) is 0 Å². The number of nitrogens with zero attached hydrogens (tertiary/aromatic N) is 3. The average molecular weight is 369 g/mol. The van der Waals surface area contributed by atoms with Crippen molar-refractivity contribution in [1.29, 1.82) is 0 Å². The van der Waals surface area contributed by atoms with E-state index in [9.17, 15) is 9.18 Å². The number of likely N-dealkylation sites (N-methyl/N-ethyl adjacent to an activating group) is 1. The van der Waals surface area contributed by atoms with Crippen LogP contribution in [0.2, 0.25) is 0 Å². The van der Waals surface area contributed by atoms with Crippen LogP contribution in [0.3, 0.4) is 0 Å². The maximum absolute atomic E-state index is 13.1. The van der Waals surface area contributed by atoms with E-state index in [-0.39, 0.29) is 17.8 Å². The quantitative estimate of drug-likeness (QED) is 0.783. The van der Waals surface area contributed by atoms with Gasteiger partial charge in [0.1, 0.15) is 5.82 Å². The summed E-state index contributed by atoms with van der Waals surface area (Å²) >= 11 is 0. The molecule has 1 fully saturated rings. The van der Waals surface area contributed by atoms with Crippen molar-refractivity contribution in [2.45, 2.75) is 19.5 Å². The molecule has 0 saturated carbocycles. The minimum absolute atomic E-state index is 0.0718. The summed E-state index contributed by atoms with van der Waals surface area (Å²) in [5, 5.41) is 0. The van der Waals surface area contributed by atoms with Gasteiger partial charge in [0.05, 0.1) is 12.6 Å². The highest BCUT2D eigenvalue weighted by Gasteiger charge is 2.23. The molecule has 1 heterocycles. The maximum Gasteiger partial charge on any atom is 0.236 e. The molecular formula is C22H28FN3O. The number of hydrogen-bond donors (Lipinski definition) is 0. The highest BCUT2D eigenvalue weighted by Crippen LogP contribution is 2.19. The highest BCUT2D eigenvalue weighted by atomic mass is 19.1. The molecule has 144 valence electrons. The zero-order chi connectivity index (χ0) is 19.2. The van der Waals surface area contributed by atoms with Gasteiger partial charge in [0.2, 0.25) is 5.91 Å². The van der Waals surface area contributed by atoms with Gasteiger partial charge in [-0.25, -0.2) is 4.39 Å². The fourth-order valence-corrected chi connectivity index (χ4v) is 3.43. The van der Waals surface area contributed by atoms with Crippen molar-refractivity contribution < 1.29 is 9.18 Å². The van der Waals surface area contributed by atoms with Crippen molar-refractivity contribution >= 4 is 5.91 Å². The highest BCUT2D eigenvalue weighted by molar-refractivity contribution is 5.78. The van der Waals surface area contributed by atoms with E-state index in [1.165, 1.54) is 17.7 Å². The minimum Gasteiger partial charge on any atom is -0.338 e. The molecule has 0 radical (unpaired) electrons. The van der Waals surface area contributed by atoms with E-state index < -0.39 is 0 Å². The van der Waals surface area contributed by atoms with Gasteiger partial charge in [0, 0.05) is 39.8 Å². The molecule has 1 amide bonds. The molecule has 0 aromatic heterocycles. The monoisotopic (exact) mass is 369 g/mol. The lowest BCUT2D eigenvalue weighted by Gasteiger charge is -2.35. The second-order valence-electron chi connectivity index (χ2n) is 7.27. The standard InChI is InChI=1S/C22H28FN3O/c1-18(20-8-10-21(23)11-9-20)24(2)22(27)17-26-14-12-25(13-15-26)16-19-6-4-3-5-7-19/h3-11,18H,12-17H2,1-2H3. The van der Waals surface area contributed by atoms with E-state index in [2.05, 4.69) is 34.1 Å². The molecule has 1 atom stereocenters. The summed E-state index contributed by atoms with van der Waals surface area (Å²) in [6.45, 7) is 7.11. The smallest absolute Gasteiger partial charge is 0.236 e. The minimum atomic E-state index is -0.256. The van der Waals surface area contributed by atoms with Gasteiger partial charge >= 0.3 is 0 Å². The Labute approximate surface area is 161 Å². The van der Waals surface area contributed by atoms with E-state index >= 15 is 0 Å². The van der Waals surface area contributed by atoms with Crippen molar-refractivity contribution in [2.24, 2.45) is 0 Å². The van der Waals surface area contributed by atoms with Gasteiger partial charge in [-0.15, -0.1) is 0 Å². The Bertz CT molecular complexity index is 727. The molecule has 1 aliphatic rings.